The van der Waals surface area contributed by atoms with Crippen molar-refractivity contribution in [2.45, 2.75) is 63.7 Å². The highest BCUT2D eigenvalue weighted by molar-refractivity contribution is 7.46. The number of hydrogen-bond acceptors (Lipinski definition) is 7. The van der Waals surface area contributed by atoms with Gasteiger partial charge in [0.25, 0.3) is 5.91 Å². The number of carbonyl (C=O) groups excluding carboxylic acids is 5. The van der Waals surface area contributed by atoms with Crippen LogP contribution in [-0.4, -0.2) is 74.0 Å². The number of rotatable bonds is 10. The number of carbonyl (C=O) groups is 5. The molecule has 5 amide bonds. The molecule has 4 rings (SSSR count). The highest BCUT2D eigenvalue weighted by Gasteiger charge is 2.44. The second-order valence-corrected chi connectivity index (χ2v) is 11.5. The normalized spacial score (nSPS) is 19.5. The molecule has 2 aliphatic rings. The lowest BCUT2D eigenvalue weighted by Crippen LogP contribution is -2.64. The van der Waals surface area contributed by atoms with Crippen molar-refractivity contribution < 1.29 is 42.8 Å². The molecule has 0 aromatic heterocycles. The summed E-state index contributed by atoms with van der Waals surface area (Å²) in [6.07, 6.45) is 0.834. The Labute approximate surface area is 248 Å². The Morgan fingerprint density at radius 2 is 1.72 bits per heavy atom. The Morgan fingerprint density at radius 3 is 2.37 bits per heavy atom. The average molecular weight is 616 g/mol. The molecule has 2 fully saturated rings. The van der Waals surface area contributed by atoms with Crippen LogP contribution < -0.4 is 20.5 Å². The van der Waals surface area contributed by atoms with Crippen LogP contribution in [0.4, 0.5) is 0 Å². The van der Waals surface area contributed by atoms with E-state index in [1.807, 2.05) is 30.3 Å². The van der Waals surface area contributed by atoms with Crippen LogP contribution in [0.2, 0.25) is 0 Å². The van der Waals surface area contributed by atoms with Crippen LogP contribution in [0.15, 0.2) is 54.6 Å². The maximum atomic E-state index is 13.8. The van der Waals surface area contributed by atoms with E-state index in [2.05, 4.69) is 20.5 Å². The summed E-state index contributed by atoms with van der Waals surface area (Å²) >= 11 is 0. The minimum Gasteiger partial charge on any atom is -0.404 e. The highest BCUT2D eigenvalue weighted by atomic mass is 31.2. The maximum Gasteiger partial charge on any atom is 0.524 e. The maximum absolute atomic E-state index is 13.8. The van der Waals surface area contributed by atoms with E-state index in [1.54, 1.807) is 0 Å². The van der Waals surface area contributed by atoms with Gasteiger partial charge in [0.1, 0.15) is 23.9 Å². The fourth-order valence-corrected chi connectivity index (χ4v) is 5.49. The van der Waals surface area contributed by atoms with Gasteiger partial charge < -0.3 is 20.5 Å². The van der Waals surface area contributed by atoms with Gasteiger partial charge in [-0.3, -0.25) is 38.8 Å². The number of phosphoric acid groups is 1. The van der Waals surface area contributed by atoms with Gasteiger partial charge in [-0.15, -0.1) is 0 Å². The van der Waals surface area contributed by atoms with Crippen molar-refractivity contribution in [3.05, 3.63) is 65.7 Å². The molecule has 3 atom stereocenters. The molecule has 0 saturated carbocycles. The zero-order valence-electron chi connectivity index (χ0n) is 23.5. The van der Waals surface area contributed by atoms with Crippen molar-refractivity contribution in [3.8, 4) is 5.75 Å². The monoisotopic (exact) mass is 615 g/mol. The molecule has 0 aliphatic carbocycles. The number of phosphoric ester groups is 1. The summed E-state index contributed by atoms with van der Waals surface area (Å²) in [6, 6.07) is 11.7. The summed E-state index contributed by atoms with van der Waals surface area (Å²) in [5.74, 6) is -2.60. The van der Waals surface area contributed by atoms with Crippen molar-refractivity contribution in [3.63, 3.8) is 0 Å². The van der Waals surface area contributed by atoms with Gasteiger partial charge in [0.15, 0.2) is 0 Å². The molecule has 15 heteroatoms. The molecule has 2 heterocycles. The summed E-state index contributed by atoms with van der Waals surface area (Å²) < 4.78 is 15.6. The Kier molecular flexibility index (Phi) is 10.2. The van der Waals surface area contributed by atoms with Crippen molar-refractivity contribution in [1.29, 1.82) is 0 Å². The van der Waals surface area contributed by atoms with Crippen molar-refractivity contribution in [2.24, 2.45) is 0 Å². The van der Waals surface area contributed by atoms with Gasteiger partial charge in [0.2, 0.25) is 23.6 Å². The number of hydrazine groups is 1. The number of nitrogens with one attached hydrogen (secondary N) is 3. The molecule has 2 aromatic carbocycles. The van der Waals surface area contributed by atoms with Gasteiger partial charge >= 0.3 is 7.82 Å². The molecule has 0 unspecified atom stereocenters. The summed E-state index contributed by atoms with van der Waals surface area (Å²) in [4.78, 5) is 83.2. The van der Waals surface area contributed by atoms with E-state index in [9.17, 15) is 28.5 Å². The molecule has 2 aliphatic heterocycles. The van der Waals surface area contributed by atoms with Crippen LogP contribution in [0, 0.1) is 0 Å². The summed E-state index contributed by atoms with van der Waals surface area (Å²) in [6.45, 7) is 1.75. The number of fused-ring (bicyclic) bond motifs is 1. The average Bonchev–Trinajstić information content (AvgIpc) is 3.08. The molecule has 2 aromatic rings. The Balaban J connectivity index is 1.47. The first-order valence-corrected chi connectivity index (χ1v) is 15.3. The second kappa shape index (κ2) is 13.8. The van der Waals surface area contributed by atoms with Crippen LogP contribution in [0.5, 0.6) is 5.75 Å². The Bertz CT molecular complexity index is 1400. The standard InChI is InChI=1S/C28H34N5O9P/c1-18(34)30-23(16-19-9-11-21(12-10-19)42-43(39,40)41)26(36)31-22-13-14-25(35)32-15-5-8-24(33(32)28(22)38)27(37)29-17-20-6-3-2-4-7-20/h2-4,6-7,9-12,22-24H,5,8,13-17H2,1H3,(H,29,37)(H,30,34)(H,31,36)(H2,39,40,41)/t22-,23-,24-/m0/s1. The first-order valence-electron chi connectivity index (χ1n) is 13.8. The smallest absolute Gasteiger partial charge is 0.404 e. The lowest BCUT2D eigenvalue weighted by atomic mass is 10.0. The van der Waals surface area contributed by atoms with Crippen LogP contribution in [0.1, 0.15) is 43.7 Å². The first kappa shape index (κ1) is 31.7. The molecule has 230 valence electrons. The quantitative estimate of drug-likeness (QED) is 0.237. The fraction of sp³-hybridized carbons (Fsp3) is 0.393. The zero-order valence-corrected chi connectivity index (χ0v) is 24.4. The number of benzene rings is 2. The topological polar surface area (TPSA) is 195 Å². The summed E-state index contributed by atoms with van der Waals surface area (Å²) in [7, 11) is -4.75. The van der Waals surface area contributed by atoms with Crippen molar-refractivity contribution in [1.82, 2.24) is 26.0 Å². The molecule has 5 N–H and O–H groups in total. The first-order chi connectivity index (χ1) is 20.4. The molecular weight excluding hydrogens is 581 g/mol. The van der Waals surface area contributed by atoms with E-state index in [0.717, 1.165) is 10.6 Å². The van der Waals surface area contributed by atoms with Gasteiger partial charge in [-0.05, 0) is 42.5 Å². The highest BCUT2D eigenvalue weighted by Crippen LogP contribution is 2.37. The third-order valence-corrected chi connectivity index (χ3v) is 7.52. The summed E-state index contributed by atoms with van der Waals surface area (Å²) in [5, 5.41) is 10.5. The minimum atomic E-state index is -4.75. The van der Waals surface area contributed by atoms with Crippen LogP contribution >= 0.6 is 7.82 Å². The molecule has 2 saturated heterocycles. The van der Waals surface area contributed by atoms with Gasteiger partial charge in [0.05, 0.1) is 0 Å². The second-order valence-electron chi connectivity index (χ2n) is 10.3. The van der Waals surface area contributed by atoms with Gasteiger partial charge in [-0.25, -0.2) is 9.57 Å². The van der Waals surface area contributed by atoms with E-state index < -0.39 is 49.6 Å². The molecule has 0 radical (unpaired) electrons. The molecule has 0 bridgehead atoms. The number of nitrogens with zero attached hydrogens (tertiary/aromatic N) is 2. The lowest BCUT2D eigenvalue weighted by molar-refractivity contribution is -0.176. The van der Waals surface area contributed by atoms with E-state index in [4.69, 9.17) is 9.79 Å². The Hall–Kier alpha value is -4.26. The van der Waals surface area contributed by atoms with E-state index in [1.165, 1.54) is 36.2 Å². The molecule has 0 spiro atoms. The third-order valence-electron chi connectivity index (χ3n) is 7.07. The molecule has 43 heavy (non-hydrogen) atoms. The predicted molar refractivity (Wildman–Crippen MR) is 151 cm³/mol. The lowest BCUT2D eigenvalue weighted by Gasteiger charge is -2.43. The number of hydrogen-bond donors (Lipinski definition) is 5. The molecular formula is C28H34N5O9P. The van der Waals surface area contributed by atoms with Crippen LogP contribution in [-0.2, 0) is 41.5 Å². The summed E-state index contributed by atoms with van der Waals surface area (Å²) in [5.41, 5.74) is 1.41. The fourth-order valence-electron chi connectivity index (χ4n) is 5.10. The van der Waals surface area contributed by atoms with Gasteiger partial charge in [-0.2, -0.15) is 0 Å². The van der Waals surface area contributed by atoms with E-state index in [-0.39, 0.29) is 44.0 Å². The van der Waals surface area contributed by atoms with Crippen LogP contribution in [0.25, 0.3) is 0 Å². The SMILES string of the molecule is CC(=O)N[C@@H](Cc1ccc(OP(=O)(O)O)cc1)C(=O)N[C@H]1CCC(=O)N2CCC[C@@H](C(=O)NCc3ccccc3)N2C1=O. The Morgan fingerprint density at radius 1 is 1.02 bits per heavy atom. The predicted octanol–water partition coefficient (Wildman–Crippen LogP) is 0.535. The van der Waals surface area contributed by atoms with Gasteiger partial charge in [-0.1, -0.05) is 42.5 Å². The van der Waals surface area contributed by atoms with Gasteiger partial charge in [0, 0.05) is 32.9 Å². The van der Waals surface area contributed by atoms with Crippen molar-refractivity contribution in [2.75, 3.05) is 6.54 Å². The minimum absolute atomic E-state index is 0.00989. The van der Waals surface area contributed by atoms with Crippen LogP contribution in [0.3, 0.4) is 0 Å². The molecule has 14 nitrogen and oxygen atoms in total. The largest absolute Gasteiger partial charge is 0.524 e. The van der Waals surface area contributed by atoms with E-state index >= 15 is 0 Å². The van der Waals surface area contributed by atoms with Crippen molar-refractivity contribution >= 4 is 37.4 Å². The van der Waals surface area contributed by atoms with E-state index in [0.29, 0.717) is 18.4 Å². The number of amides is 5. The third kappa shape index (κ3) is 8.63. The zero-order chi connectivity index (χ0) is 31.1.